The molecule has 1 aliphatic carbocycles. The van der Waals surface area contributed by atoms with Crippen LogP contribution in [0.4, 0.5) is 10.5 Å². The molecule has 0 radical (unpaired) electrons. The number of sulfonamides is 1. The summed E-state index contributed by atoms with van der Waals surface area (Å²) >= 11 is 6.05. The van der Waals surface area contributed by atoms with Crippen molar-refractivity contribution >= 4 is 45.5 Å². The van der Waals surface area contributed by atoms with Crippen molar-refractivity contribution in [2.75, 3.05) is 11.6 Å². The zero-order valence-corrected chi connectivity index (χ0v) is 20.8. The minimum Gasteiger partial charge on any atom is -0.337 e. The highest BCUT2D eigenvalue weighted by molar-refractivity contribution is 7.90. The summed E-state index contributed by atoms with van der Waals surface area (Å²) in [6, 6.07) is 9.81. The topological polar surface area (TPSA) is 125 Å². The van der Waals surface area contributed by atoms with Crippen molar-refractivity contribution in [3.05, 3.63) is 58.6 Å². The van der Waals surface area contributed by atoms with Crippen LogP contribution in [0.1, 0.15) is 54.9 Å². The third-order valence-corrected chi connectivity index (χ3v) is 8.14. The number of rotatable bonds is 6. The molecule has 1 unspecified atom stereocenters. The molecule has 0 aromatic heterocycles. The lowest BCUT2D eigenvalue weighted by Crippen LogP contribution is -2.54. The van der Waals surface area contributed by atoms with Gasteiger partial charge in [-0.3, -0.25) is 4.79 Å². The molecule has 2 aromatic rings. The Labute approximate surface area is 209 Å². The quantitative estimate of drug-likeness (QED) is 0.504. The number of hydrogen-bond acceptors (Lipinski definition) is 6. The summed E-state index contributed by atoms with van der Waals surface area (Å²) < 4.78 is 28.0. The van der Waals surface area contributed by atoms with Crippen molar-refractivity contribution in [3.63, 3.8) is 0 Å². The maximum atomic E-state index is 13.0. The Morgan fingerprint density at radius 3 is 2.63 bits per heavy atom. The monoisotopic (exact) mass is 518 g/mol. The van der Waals surface area contributed by atoms with E-state index in [0.29, 0.717) is 28.1 Å². The van der Waals surface area contributed by atoms with E-state index in [0.717, 1.165) is 32.1 Å². The number of urea groups is 1. The summed E-state index contributed by atoms with van der Waals surface area (Å²) in [6.07, 6.45) is 5.43. The van der Waals surface area contributed by atoms with Crippen LogP contribution < -0.4 is 20.3 Å². The van der Waals surface area contributed by atoms with Crippen LogP contribution in [-0.2, 0) is 20.4 Å². The second-order valence-corrected chi connectivity index (χ2v) is 11.1. The predicted octanol–water partition coefficient (Wildman–Crippen LogP) is 3.28. The molecule has 2 aromatic carbocycles. The zero-order chi connectivity index (χ0) is 25.2. The average molecular weight is 519 g/mol. The number of anilines is 1. The van der Waals surface area contributed by atoms with Gasteiger partial charge in [-0.2, -0.15) is 0 Å². The van der Waals surface area contributed by atoms with Gasteiger partial charge in [-0.1, -0.05) is 43.0 Å². The van der Waals surface area contributed by atoms with Gasteiger partial charge in [0.2, 0.25) is 0 Å². The van der Waals surface area contributed by atoms with Crippen LogP contribution >= 0.6 is 11.6 Å². The molecule has 3 N–H and O–H groups in total. The number of hydrogen-bond donors (Lipinski definition) is 3. The first-order valence-corrected chi connectivity index (χ1v) is 13.3. The maximum absolute atomic E-state index is 13.0. The number of nitrogens with zero attached hydrogens (tertiary/aromatic N) is 1. The van der Waals surface area contributed by atoms with Gasteiger partial charge >= 0.3 is 6.03 Å². The first kappa shape index (κ1) is 25.0. The molecule has 1 fully saturated rings. The van der Waals surface area contributed by atoms with Crippen LogP contribution in [0.3, 0.4) is 0 Å². The Kier molecular flexibility index (Phi) is 7.05. The predicted molar refractivity (Wildman–Crippen MR) is 132 cm³/mol. The van der Waals surface area contributed by atoms with Gasteiger partial charge in [0.25, 0.3) is 15.9 Å². The summed E-state index contributed by atoms with van der Waals surface area (Å²) in [5, 5.41) is 5.82. The van der Waals surface area contributed by atoms with Crippen molar-refractivity contribution in [3.8, 4) is 0 Å². The first-order valence-electron chi connectivity index (χ1n) is 11.4. The van der Waals surface area contributed by atoms with Gasteiger partial charge < -0.3 is 20.3 Å². The van der Waals surface area contributed by atoms with E-state index in [2.05, 4.69) is 15.4 Å². The van der Waals surface area contributed by atoms with Gasteiger partial charge in [0.15, 0.2) is 0 Å². The maximum Gasteiger partial charge on any atom is 0.328 e. The fourth-order valence-corrected chi connectivity index (χ4v) is 5.71. The van der Waals surface area contributed by atoms with E-state index in [4.69, 9.17) is 11.6 Å². The van der Waals surface area contributed by atoms with Gasteiger partial charge in [-0.05, 0) is 55.7 Å². The molecule has 0 bridgehead atoms. The SMILES string of the molecule is CC(C=O)(c1cccc(S(=O)(=O)NC(=O)NC2CCCCC2)c1)N1CNC(=O)c2cc(Cl)ccc21. The van der Waals surface area contributed by atoms with E-state index in [1.165, 1.54) is 24.3 Å². The number of fused-ring (bicyclic) bond motifs is 1. The van der Waals surface area contributed by atoms with Gasteiger partial charge in [-0.25, -0.2) is 17.9 Å². The molecular weight excluding hydrogens is 492 g/mol. The van der Waals surface area contributed by atoms with Crippen LogP contribution in [0.15, 0.2) is 47.4 Å². The molecule has 35 heavy (non-hydrogen) atoms. The van der Waals surface area contributed by atoms with Crippen LogP contribution in [0.2, 0.25) is 5.02 Å². The normalized spacial score (nSPS) is 18.1. The van der Waals surface area contributed by atoms with Gasteiger partial charge in [-0.15, -0.1) is 0 Å². The number of benzene rings is 2. The van der Waals surface area contributed by atoms with Gasteiger partial charge in [0.1, 0.15) is 11.8 Å². The highest BCUT2D eigenvalue weighted by Crippen LogP contribution is 2.36. The molecule has 1 atom stereocenters. The second-order valence-electron chi connectivity index (χ2n) is 8.96. The zero-order valence-electron chi connectivity index (χ0n) is 19.2. The van der Waals surface area contributed by atoms with E-state index < -0.39 is 21.6 Å². The van der Waals surface area contributed by atoms with E-state index in [1.54, 1.807) is 30.0 Å². The fourth-order valence-electron chi connectivity index (χ4n) is 4.58. The number of halogens is 1. The van der Waals surface area contributed by atoms with Crippen molar-refractivity contribution < 1.29 is 22.8 Å². The van der Waals surface area contributed by atoms with Crippen molar-refractivity contribution in [2.45, 2.75) is 55.5 Å². The minimum absolute atomic E-state index is 0.0295. The number of carbonyl (C=O) groups excluding carboxylic acids is 3. The number of aldehydes is 1. The Hall–Kier alpha value is -3.11. The molecule has 1 heterocycles. The van der Waals surface area contributed by atoms with Crippen LogP contribution in [0.5, 0.6) is 0 Å². The van der Waals surface area contributed by atoms with Crippen molar-refractivity contribution in [1.82, 2.24) is 15.4 Å². The van der Waals surface area contributed by atoms with E-state index in [9.17, 15) is 22.8 Å². The standard InChI is InChI=1S/C24H27ClN4O5S/c1-24(14-30,29-15-26-22(31)20-13-17(25)10-11-21(20)29)16-6-5-9-19(12-16)35(33,34)28-23(32)27-18-7-3-2-4-8-18/h5-6,9-14,18H,2-4,7-8,15H2,1H3,(H,26,31)(H2,27,28,32). The summed E-state index contributed by atoms with van der Waals surface area (Å²) in [4.78, 5) is 38.7. The van der Waals surface area contributed by atoms with Crippen LogP contribution in [0.25, 0.3) is 0 Å². The molecule has 1 saturated carbocycles. The summed E-state index contributed by atoms with van der Waals surface area (Å²) in [6.45, 7) is 1.66. The van der Waals surface area contributed by atoms with E-state index in [1.807, 2.05) is 0 Å². The lowest BCUT2D eigenvalue weighted by Gasteiger charge is -2.42. The summed E-state index contributed by atoms with van der Waals surface area (Å²) in [5.74, 6) is -0.323. The van der Waals surface area contributed by atoms with Crippen LogP contribution in [-0.4, -0.2) is 39.4 Å². The highest BCUT2D eigenvalue weighted by Gasteiger charge is 2.39. The smallest absolute Gasteiger partial charge is 0.328 e. The van der Waals surface area contributed by atoms with Crippen LogP contribution in [0, 0.1) is 0 Å². The Balaban J connectivity index is 1.61. The molecule has 0 saturated heterocycles. The largest absolute Gasteiger partial charge is 0.337 e. The molecule has 1 aliphatic heterocycles. The minimum atomic E-state index is -4.19. The Morgan fingerprint density at radius 1 is 1.17 bits per heavy atom. The summed E-state index contributed by atoms with van der Waals surface area (Å²) in [7, 11) is -4.19. The fraction of sp³-hybridized carbons (Fsp3) is 0.375. The lowest BCUT2D eigenvalue weighted by molar-refractivity contribution is -0.112. The Morgan fingerprint density at radius 2 is 1.91 bits per heavy atom. The highest BCUT2D eigenvalue weighted by atomic mass is 35.5. The van der Waals surface area contributed by atoms with Gasteiger partial charge in [0, 0.05) is 11.1 Å². The Bertz CT molecular complexity index is 1260. The number of nitrogens with one attached hydrogen (secondary N) is 3. The third-order valence-electron chi connectivity index (χ3n) is 6.58. The molecule has 0 spiro atoms. The first-order chi connectivity index (χ1) is 16.6. The van der Waals surface area contributed by atoms with Crippen molar-refractivity contribution in [1.29, 1.82) is 0 Å². The molecule has 9 nitrogen and oxygen atoms in total. The molecule has 3 amide bonds. The van der Waals surface area contributed by atoms with Crippen molar-refractivity contribution in [2.24, 2.45) is 0 Å². The number of amides is 3. The summed E-state index contributed by atoms with van der Waals surface area (Å²) in [5.41, 5.74) is -0.153. The number of carbonyl (C=O) groups is 3. The van der Waals surface area contributed by atoms with E-state index in [-0.39, 0.29) is 23.5 Å². The second kappa shape index (κ2) is 9.87. The molecule has 2 aliphatic rings. The third kappa shape index (κ3) is 5.13. The molecule has 11 heteroatoms. The van der Waals surface area contributed by atoms with Gasteiger partial charge in [0.05, 0.1) is 22.8 Å². The average Bonchev–Trinajstić information content (AvgIpc) is 2.84. The van der Waals surface area contributed by atoms with E-state index >= 15 is 0 Å². The molecule has 4 rings (SSSR count). The molecule has 186 valence electrons. The lowest BCUT2D eigenvalue weighted by atomic mass is 9.90. The molecular formula is C24H27ClN4O5S.